The van der Waals surface area contributed by atoms with Crippen molar-refractivity contribution in [1.29, 1.82) is 0 Å². The van der Waals surface area contributed by atoms with Crippen LogP contribution >= 0.6 is 15.9 Å². The van der Waals surface area contributed by atoms with E-state index in [2.05, 4.69) is 28.2 Å². The van der Waals surface area contributed by atoms with Crippen LogP contribution in [-0.2, 0) is 0 Å². The lowest BCUT2D eigenvalue weighted by atomic mass is 9.87. The van der Waals surface area contributed by atoms with Crippen molar-refractivity contribution in [2.45, 2.75) is 38.6 Å². The van der Waals surface area contributed by atoms with E-state index in [0.29, 0.717) is 12.6 Å². The number of ether oxygens (including phenoxy) is 2. The van der Waals surface area contributed by atoms with Crippen molar-refractivity contribution in [3.8, 4) is 11.5 Å². The molecule has 0 aliphatic heterocycles. The standard InChI is InChI=1S/C16H24BrNO2/c1-12-3-5-13(6-4-12)18-9-10-20-16-8-7-14(19-2)11-15(16)17/h7-8,11-13,18H,3-6,9-10H2,1-2H3. The molecule has 1 aromatic rings. The summed E-state index contributed by atoms with van der Waals surface area (Å²) in [5.41, 5.74) is 0. The Balaban J connectivity index is 1.68. The van der Waals surface area contributed by atoms with Gasteiger partial charge in [0.05, 0.1) is 11.6 Å². The normalized spacial score (nSPS) is 22.6. The Hall–Kier alpha value is -0.740. The largest absolute Gasteiger partial charge is 0.497 e. The quantitative estimate of drug-likeness (QED) is 0.793. The van der Waals surface area contributed by atoms with E-state index in [9.17, 15) is 0 Å². The molecule has 112 valence electrons. The number of rotatable bonds is 6. The highest BCUT2D eigenvalue weighted by atomic mass is 79.9. The highest BCUT2D eigenvalue weighted by molar-refractivity contribution is 9.10. The van der Waals surface area contributed by atoms with Gasteiger partial charge in [0.1, 0.15) is 18.1 Å². The summed E-state index contributed by atoms with van der Waals surface area (Å²) in [7, 11) is 1.66. The molecule has 1 fully saturated rings. The highest BCUT2D eigenvalue weighted by Crippen LogP contribution is 2.29. The monoisotopic (exact) mass is 341 g/mol. The number of hydrogen-bond donors (Lipinski definition) is 1. The van der Waals surface area contributed by atoms with Gasteiger partial charge in [0.25, 0.3) is 0 Å². The first-order valence-corrected chi connectivity index (χ1v) is 8.18. The second-order valence-corrected chi connectivity index (χ2v) is 6.41. The maximum atomic E-state index is 5.78. The predicted octanol–water partition coefficient (Wildman–Crippen LogP) is 4.00. The van der Waals surface area contributed by atoms with Gasteiger partial charge in [-0.1, -0.05) is 6.92 Å². The summed E-state index contributed by atoms with van der Waals surface area (Å²) in [5.74, 6) is 2.60. The zero-order chi connectivity index (χ0) is 14.4. The molecule has 0 bridgehead atoms. The van der Waals surface area contributed by atoms with Crippen molar-refractivity contribution >= 4 is 15.9 Å². The second-order valence-electron chi connectivity index (χ2n) is 5.56. The molecular weight excluding hydrogens is 318 g/mol. The molecule has 1 N–H and O–H groups in total. The summed E-state index contributed by atoms with van der Waals surface area (Å²) >= 11 is 3.50. The molecule has 3 nitrogen and oxygen atoms in total. The molecule has 1 aliphatic rings. The lowest BCUT2D eigenvalue weighted by Crippen LogP contribution is -2.35. The fourth-order valence-corrected chi connectivity index (χ4v) is 3.09. The van der Waals surface area contributed by atoms with Crippen LogP contribution in [0.4, 0.5) is 0 Å². The van der Waals surface area contributed by atoms with Crippen molar-refractivity contribution in [1.82, 2.24) is 5.32 Å². The molecule has 0 saturated heterocycles. The molecule has 0 heterocycles. The molecule has 0 unspecified atom stereocenters. The topological polar surface area (TPSA) is 30.5 Å². The van der Waals surface area contributed by atoms with E-state index < -0.39 is 0 Å². The predicted molar refractivity (Wildman–Crippen MR) is 85.6 cm³/mol. The zero-order valence-electron chi connectivity index (χ0n) is 12.3. The Morgan fingerprint density at radius 2 is 2.00 bits per heavy atom. The number of hydrogen-bond acceptors (Lipinski definition) is 3. The van der Waals surface area contributed by atoms with Gasteiger partial charge in [0, 0.05) is 12.6 Å². The smallest absolute Gasteiger partial charge is 0.133 e. The Labute approximate surface area is 130 Å². The van der Waals surface area contributed by atoms with Crippen molar-refractivity contribution < 1.29 is 9.47 Å². The van der Waals surface area contributed by atoms with E-state index in [-0.39, 0.29) is 0 Å². The maximum absolute atomic E-state index is 5.78. The van der Waals surface area contributed by atoms with Crippen molar-refractivity contribution in [2.24, 2.45) is 5.92 Å². The van der Waals surface area contributed by atoms with E-state index in [0.717, 1.165) is 28.4 Å². The molecule has 2 rings (SSSR count). The van der Waals surface area contributed by atoms with Gasteiger partial charge in [0.2, 0.25) is 0 Å². The van der Waals surface area contributed by atoms with Crippen LogP contribution in [0.2, 0.25) is 0 Å². The molecule has 1 aromatic carbocycles. The molecule has 4 heteroatoms. The van der Waals surface area contributed by atoms with Crippen LogP contribution < -0.4 is 14.8 Å². The van der Waals surface area contributed by atoms with Crippen LogP contribution in [0.25, 0.3) is 0 Å². The number of methoxy groups -OCH3 is 1. The van der Waals surface area contributed by atoms with E-state index in [1.807, 2.05) is 18.2 Å². The van der Waals surface area contributed by atoms with Gasteiger partial charge in [-0.3, -0.25) is 0 Å². The first-order chi connectivity index (χ1) is 9.69. The molecule has 0 atom stereocenters. The fourth-order valence-electron chi connectivity index (χ4n) is 2.61. The third-order valence-electron chi connectivity index (χ3n) is 3.95. The molecule has 20 heavy (non-hydrogen) atoms. The lowest BCUT2D eigenvalue weighted by molar-refractivity contribution is 0.269. The first kappa shape index (κ1) is 15.6. The average Bonchev–Trinajstić information content (AvgIpc) is 2.46. The van der Waals surface area contributed by atoms with Gasteiger partial charge in [-0.05, 0) is 65.7 Å². The summed E-state index contributed by atoms with van der Waals surface area (Å²) in [6.07, 6.45) is 5.30. The van der Waals surface area contributed by atoms with E-state index >= 15 is 0 Å². The van der Waals surface area contributed by atoms with Gasteiger partial charge in [-0.25, -0.2) is 0 Å². The van der Waals surface area contributed by atoms with Crippen molar-refractivity contribution in [2.75, 3.05) is 20.3 Å². The number of halogens is 1. The van der Waals surface area contributed by atoms with Crippen LogP contribution in [-0.4, -0.2) is 26.3 Å². The summed E-state index contributed by atoms with van der Waals surface area (Å²) in [4.78, 5) is 0. The Morgan fingerprint density at radius 1 is 1.25 bits per heavy atom. The maximum Gasteiger partial charge on any atom is 0.133 e. The zero-order valence-corrected chi connectivity index (χ0v) is 13.9. The third kappa shape index (κ3) is 4.67. The van der Waals surface area contributed by atoms with E-state index in [4.69, 9.17) is 9.47 Å². The minimum Gasteiger partial charge on any atom is -0.497 e. The number of nitrogens with one attached hydrogen (secondary N) is 1. The van der Waals surface area contributed by atoms with Crippen LogP contribution in [0.1, 0.15) is 32.6 Å². The molecular formula is C16H24BrNO2. The molecule has 0 spiro atoms. The van der Waals surface area contributed by atoms with Crippen molar-refractivity contribution in [3.63, 3.8) is 0 Å². The van der Waals surface area contributed by atoms with Crippen LogP contribution in [0.3, 0.4) is 0 Å². The molecule has 1 saturated carbocycles. The Bertz CT molecular complexity index is 417. The van der Waals surface area contributed by atoms with Gasteiger partial charge in [-0.15, -0.1) is 0 Å². The summed E-state index contributed by atoms with van der Waals surface area (Å²) < 4.78 is 11.9. The average molecular weight is 342 g/mol. The SMILES string of the molecule is COc1ccc(OCCNC2CCC(C)CC2)c(Br)c1. The van der Waals surface area contributed by atoms with Crippen LogP contribution in [0.5, 0.6) is 11.5 Å². The van der Waals surface area contributed by atoms with Gasteiger partial charge < -0.3 is 14.8 Å². The van der Waals surface area contributed by atoms with Gasteiger partial charge >= 0.3 is 0 Å². The molecule has 0 radical (unpaired) electrons. The van der Waals surface area contributed by atoms with Crippen LogP contribution in [0, 0.1) is 5.92 Å². The lowest BCUT2D eigenvalue weighted by Gasteiger charge is -2.27. The van der Waals surface area contributed by atoms with Gasteiger partial charge in [-0.2, -0.15) is 0 Å². The second kappa shape index (κ2) is 7.89. The van der Waals surface area contributed by atoms with Gasteiger partial charge in [0.15, 0.2) is 0 Å². The van der Waals surface area contributed by atoms with Crippen molar-refractivity contribution in [3.05, 3.63) is 22.7 Å². The molecule has 0 aromatic heterocycles. The van der Waals surface area contributed by atoms with E-state index in [1.54, 1.807) is 7.11 Å². The fraction of sp³-hybridized carbons (Fsp3) is 0.625. The van der Waals surface area contributed by atoms with Crippen LogP contribution in [0.15, 0.2) is 22.7 Å². The Kier molecular flexibility index (Phi) is 6.17. The number of benzene rings is 1. The minimum atomic E-state index is 0.675. The third-order valence-corrected chi connectivity index (χ3v) is 4.57. The first-order valence-electron chi connectivity index (χ1n) is 7.38. The summed E-state index contributed by atoms with van der Waals surface area (Å²) in [6.45, 7) is 3.94. The molecule has 0 amide bonds. The van der Waals surface area contributed by atoms with E-state index in [1.165, 1.54) is 25.7 Å². The summed E-state index contributed by atoms with van der Waals surface area (Å²) in [6, 6.07) is 6.45. The minimum absolute atomic E-state index is 0.675. The Morgan fingerprint density at radius 3 is 2.65 bits per heavy atom. The highest BCUT2D eigenvalue weighted by Gasteiger charge is 2.17. The molecule has 1 aliphatic carbocycles. The summed E-state index contributed by atoms with van der Waals surface area (Å²) in [5, 5.41) is 3.59.